The summed E-state index contributed by atoms with van der Waals surface area (Å²) >= 11 is 0. The number of carbonyl (C=O) groups excluding carboxylic acids is 2. The van der Waals surface area contributed by atoms with Crippen LogP contribution in [0.5, 0.6) is 0 Å². The molecule has 0 atom stereocenters. The summed E-state index contributed by atoms with van der Waals surface area (Å²) in [6.45, 7) is 4.42. The highest BCUT2D eigenvalue weighted by molar-refractivity contribution is 6.45. The number of anilines is 2. The maximum absolute atomic E-state index is 13.6. The number of pyridine rings is 1. The van der Waals surface area contributed by atoms with Gasteiger partial charge < -0.3 is 9.80 Å². The Morgan fingerprint density at radius 2 is 1.45 bits per heavy atom. The van der Waals surface area contributed by atoms with Crippen molar-refractivity contribution < 1.29 is 14.0 Å². The summed E-state index contributed by atoms with van der Waals surface area (Å²) in [6.07, 6.45) is 1.76. The molecular weight excluding hydrogens is 419 g/mol. The molecule has 2 aliphatic rings. The van der Waals surface area contributed by atoms with Crippen molar-refractivity contribution in [3.63, 3.8) is 0 Å². The van der Waals surface area contributed by atoms with Gasteiger partial charge in [-0.1, -0.05) is 35.9 Å². The molecule has 2 aromatic carbocycles. The van der Waals surface area contributed by atoms with Crippen molar-refractivity contribution >= 4 is 28.9 Å². The van der Waals surface area contributed by atoms with Crippen LogP contribution in [0.1, 0.15) is 11.1 Å². The topological polar surface area (TPSA) is 56.8 Å². The number of amides is 2. The number of halogens is 1. The first-order valence-electron chi connectivity index (χ1n) is 10.9. The summed E-state index contributed by atoms with van der Waals surface area (Å²) in [5.74, 6) is -0.246. The maximum atomic E-state index is 13.6. The molecule has 2 aliphatic heterocycles. The Morgan fingerprint density at radius 3 is 2.09 bits per heavy atom. The van der Waals surface area contributed by atoms with E-state index in [9.17, 15) is 14.0 Å². The van der Waals surface area contributed by atoms with Gasteiger partial charge >= 0.3 is 0 Å². The van der Waals surface area contributed by atoms with Gasteiger partial charge in [-0.3, -0.25) is 9.59 Å². The molecule has 6 nitrogen and oxygen atoms in total. The van der Waals surface area contributed by atoms with Crippen molar-refractivity contribution in [2.45, 2.75) is 6.92 Å². The van der Waals surface area contributed by atoms with Crippen molar-refractivity contribution in [2.75, 3.05) is 36.0 Å². The third kappa shape index (κ3) is 3.86. The molecule has 33 heavy (non-hydrogen) atoms. The molecule has 3 heterocycles. The molecule has 7 heteroatoms. The van der Waals surface area contributed by atoms with E-state index in [2.05, 4.69) is 9.88 Å². The van der Waals surface area contributed by atoms with Gasteiger partial charge in [0, 0.05) is 32.4 Å². The Balaban J connectivity index is 1.50. The van der Waals surface area contributed by atoms with Crippen LogP contribution >= 0.6 is 0 Å². The van der Waals surface area contributed by atoms with Crippen LogP contribution in [-0.4, -0.2) is 47.9 Å². The second kappa shape index (κ2) is 8.50. The Labute approximate surface area is 191 Å². The molecule has 0 radical (unpaired) electrons. The molecule has 1 aromatic heterocycles. The molecule has 0 bridgehead atoms. The first kappa shape index (κ1) is 20.9. The lowest BCUT2D eigenvalue weighted by atomic mass is 10.0. The lowest BCUT2D eigenvalue weighted by molar-refractivity contribution is -0.120. The molecule has 5 rings (SSSR count). The molecule has 2 amide bonds. The Hall–Kier alpha value is -4.00. The SMILES string of the molecule is Cc1ccc(N2C(=O)C(c3ccc(F)cc3)=C(N3CCN(c4ccccn4)CC3)C2=O)cc1. The predicted molar refractivity (Wildman–Crippen MR) is 125 cm³/mol. The fraction of sp³-hybridized carbons (Fsp3) is 0.192. The van der Waals surface area contributed by atoms with E-state index in [0.29, 0.717) is 48.7 Å². The van der Waals surface area contributed by atoms with E-state index in [4.69, 9.17) is 0 Å². The van der Waals surface area contributed by atoms with Crippen molar-refractivity contribution in [2.24, 2.45) is 0 Å². The maximum Gasteiger partial charge on any atom is 0.282 e. The minimum absolute atomic E-state index is 0.312. The Bertz CT molecular complexity index is 1220. The zero-order valence-corrected chi connectivity index (χ0v) is 18.2. The summed E-state index contributed by atoms with van der Waals surface area (Å²) in [4.78, 5) is 36.9. The van der Waals surface area contributed by atoms with Gasteiger partial charge in [0.2, 0.25) is 0 Å². The summed E-state index contributed by atoms with van der Waals surface area (Å²) in [6, 6.07) is 18.8. The van der Waals surface area contributed by atoms with Crippen molar-refractivity contribution in [3.05, 3.63) is 95.6 Å². The normalized spacial score (nSPS) is 16.7. The van der Waals surface area contributed by atoms with Gasteiger partial charge in [0.15, 0.2) is 0 Å². The molecule has 0 N–H and O–H groups in total. The molecule has 0 spiro atoms. The van der Waals surface area contributed by atoms with E-state index in [1.165, 1.54) is 17.0 Å². The van der Waals surface area contributed by atoms with Crippen LogP contribution in [0.4, 0.5) is 15.9 Å². The largest absolute Gasteiger partial charge is 0.363 e. The van der Waals surface area contributed by atoms with Crippen molar-refractivity contribution in [3.8, 4) is 0 Å². The number of carbonyl (C=O) groups is 2. The first-order chi connectivity index (χ1) is 16.0. The summed E-state index contributed by atoms with van der Waals surface area (Å²) in [7, 11) is 0. The Kier molecular flexibility index (Phi) is 5.38. The average molecular weight is 442 g/mol. The number of imide groups is 1. The number of hydrogen-bond acceptors (Lipinski definition) is 5. The zero-order valence-electron chi connectivity index (χ0n) is 18.2. The summed E-state index contributed by atoms with van der Waals surface area (Å²) in [5, 5.41) is 0. The minimum Gasteiger partial charge on any atom is -0.363 e. The van der Waals surface area contributed by atoms with Crippen LogP contribution in [0.3, 0.4) is 0 Å². The van der Waals surface area contributed by atoms with Crippen molar-refractivity contribution in [1.29, 1.82) is 0 Å². The third-order valence-electron chi connectivity index (χ3n) is 6.05. The monoisotopic (exact) mass is 442 g/mol. The zero-order chi connectivity index (χ0) is 22.9. The van der Waals surface area contributed by atoms with Crippen LogP contribution in [0, 0.1) is 12.7 Å². The lowest BCUT2D eigenvalue weighted by Gasteiger charge is -2.37. The van der Waals surface area contributed by atoms with Crippen molar-refractivity contribution in [1.82, 2.24) is 9.88 Å². The average Bonchev–Trinajstić information content (AvgIpc) is 3.11. The van der Waals surface area contributed by atoms with E-state index < -0.39 is 11.7 Å². The number of aromatic nitrogens is 1. The smallest absolute Gasteiger partial charge is 0.282 e. The molecule has 3 aromatic rings. The number of aryl methyl sites for hydroxylation is 1. The molecule has 0 aliphatic carbocycles. The second-order valence-electron chi connectivity index (χ2n) is 8.17. The van der Waals surface area contributed by atoms with Crippen LogP contribution in [0.15, 0.2) is 78.6 Å². The predicted octanol–water partition coefficient (Wildman–Crippen LogP) is 3.64. The summed E-state index contributed by atoms with van der Waals surface area (Å²) in [5.41, 5.74) is 2.78. The molecular formula is C26H23FN4O2. The van der Waals surface area contributed by atoms with Gasteiger partial charge in [-0.15, -0.1) is 0 Å². The van der Waals surface area contributed by atoms with E-state index in [1.807, 2.05) is 42.2 Å². The van der Waals surface area contributed by atoms with E-state index in [0.717, 1.165) is 11.4 Å². The fourth-order valence-corrected chi connectivity index (χ4v) is 4.32. The number of piperazine rings is 1. The van der Waals surface area contributed by atoms with Crippen LogP contribution in [0.25, 0.3) is 5.57 Å². The van der Waals surface area contributed by atoms with E-state index in [-0.39, 0.29) is 5.91 Å². The van der Waals surface area contributed by atoms with Gasteiger partial charge in [-0.2, -0.15) is 0 Å². The molecule has 1 saturated heterocycles. The standard InChI is InChI=1S/C26H23FN4O2/c1-18-5-11-21(12-6-18)31-25(32)23(19-7-9-20(27)10-8-19)24(26(31)33)30-16-14-29(15-17-30)22-4-2-3-13-28-22/h2-13H,14-17H2,1H3. The Morgan fingerprint density at radius 1 is 0.788 bits per heavy atom. The highest BCUT2D eigenvalue weighted by Crippen LogP contribution is 2.35. The highest BCUT2D eigenvalue weighted by atomic mass is 19.1. The molecule has 1 fully saturated rings. The van der Waals surface area contributed by atoms with Gasteiger partial charge in [-0.25, -0.2) is 14.3 Å². The van der Waals surface area contributed by atoms with Crippen LogP contribution in [0.2, 0.25) is 0 Å². The molecule has 0 unspecified atom stereocenters. The number of nitrogens with zero attached hydrogens (tertiary/aromatic N) is 4. The van der Waals surface area contributed by atoms with Gasteiger partial charge in [0.25, 0.3) is 11.8 Å². The number of benzene rings is 2. The highest BCUT2D eigenvalue weighted by Gasteiger charge is 2.43. The van der Waals surface area contributed by atoms with Crippen LogP contribution < -0.4 is 9.80 Å². The fourth-order valence-electron chi connectivity index (χ4n) is 4.32. The number of hydrogen-bond donors (Lipinski definition) is 0. The van der Waals surface area contributed by atoms with E-state index in [1.54, 1.807) is 30.5 Å². The number of rotatable bonds is 4. The first-order valence-corrected chi connectivity index (χ1v) is 10.9. The van der Waals surface area contributed by atoms with Gasteiger partial charge in [0.05, 0.1) is 11.3 Å². The molecule has 0 saturated carbocycles. The van der Waals surface area contributed by atoms with Crippen LogP contribution in [-0.2, 0) is 9.59 Å². The molecule has 166 valence electrons. The third-order valence-corrected chi connectivity index (χ3v) is 6.05. The van der Waals surface area contributed by atoms with E-state index >= 15 is 0 Å². The minimum atomic E-state index is -0.392. The van der Waals surface area contributed by atoms with Gasteiger partial charge in [-0.05, 0) is 48.9 Å². The summed E-state index contributed by atoms with van der Waals surface area (Å²) < 4.78 is 13.6. The second-order valence-corrected chi connectivity index (χ2v) is 8.17. The van der Waals surface area contributed by atoms with Gasteiger partial charge in [0.1, 0.15) is 17.3 Å². The quantitative estimate of drug-likeness (QED) is 0.578. The lowest BCUT2D eigenvalue weighted by Crippen LogP contribution is -2.48.